The molecule has 0 bridgehead atoms. The monoisotopic (exact) mass is 966 g/mol. The van der Waals surface area contributed by atoms with Gasteiger partial charge in [-0.15, -0.1) is 0 Å². The number of nitrogens with zero attached hydrogens (tertiary/aromatic N) is 3. The summed E-state index contributed by atoms with van der Waals surface area (Å²) in [5.74, 6) is 11.2. The molecule has 0 radical (unpaired) electrons. The lowest BCUT2D eigenvalue weighted by molar-refractivity contribution is -0.150. The Morgan fingerprint density at radius 2 is 1.05 bits per heavy atom. The zero-order valence-electron chi connectivity index (χ0n) is 42.5. The summed E-state index contributed by atoms with van der Waals surface area (Å²) in [7, 11) is 14.9. The van der Waals surface area contributed by atoms with E-state index in [2.05, 4.69) is 137 Å². The molecule has 0 N–H and O–H groups in total. The highest BCUT2D eigenvalue weighted by molar-refractivity contribution is 8.00. The fourth-order valence-electron chi connectivity index (χ4n) is 8.31. The summed E-state index contributed by atoms with van der Waals surface area (Å²) in [6.07, 6.45) is 26.9. The summed E-state index contributed by atoms with van der Waals surface area (Å²) in [5, 5.41) is 2.02. The van der Waals surface area contributed by atoms with Gasteiger partial charge in [-0.05, 0) is 167 Å². The molecule has 0 aromatic heterocycles. The Morgan fingerprint density at radius 3 is 1.56 bits per heavy atom. The van der Waals surface area contributed by atoms with Crippen LogP contribution in [0, 0.1) is 23.7 Å². The highest BCUT2D eigenvalue weighted by Crippen LogP contribution is 2.41. The van der Waals surface area contributed by atoms with Crippen molar-refractivity contribution in [3.05, 3.63) is 0 Å². The topological polar surface area (TPSA) is 45.3 Å². The maximum absolute atomic E-state index is 13.4. The van der Waals surface area contributed by atoms with Crippen molar-refractivity contribution in [2.24, 2.45) is 23.7 Å². The highest BCUT2D eigenvalue weighted by Gasteiger charge is 2.35. The van der Waals surface area contributed by atoms with Crippen LogP contribution in [0.25, 0.3) is 0 Å². The van der Waals surface area contributed by atoms with Crippen molar-refractivity contribution in [1.82, 2.24) is 14.7 Å². The Hall–Kier alpha value is 1.06. The van der Waals surface area contributed by atoms with Gasteiger partial charge in [0.1, 0.15) is 0 Å². The first-order chi connectivity index (χ1) is 29.9. The Kier molecular flexibility index (Phi) is 41.6. The highest BCUT2D eigenvalue weighted by atomic mass is 32.2. The van der Waals surface area contributed by atoms with Crippen LogP contribution in [-0.2, 0) is 14.3 Å². The Morgan fingerprint density at radius 1 is 0.565 bits per heavy atom. The average molecular weight is 967 g/mol. The summed E-state index contributed by atoms with van der Waals surface area (Å²) in [6.45, 7) is 12.3. The molecule has 0 saturated heterocycles. The van der Waals surface area contributed by atoms with E-state index >= 15 is 0 Å². The molecule has 0 aliphatic heterocycles. The van der Waals surface area contributed by atoms with Crippen LogP contribution in [0.15, 0.2) is 0 Å². The number of hydrogen-bond donors (Lipinski definition) is 0. The molecule has 0 aromatic carbocycles. The molecule has 0 heterocycles. The molecule has 0 amide bonds. The van der Waals surface area contributed by atoms with Crippen LogP contribution >= 0.6 is 58.8 Å². The summed E-state index contributed by atoms with van der Waals surface area (Å²) in [5.41, 5.74) is 0. The molecule has 6 unspecified atom stereocenters. The third kappa shape index (κ3) is 35.2. The number of thioether (sulfide) groups is 5. The minimum Gasteiger partial charge on any atom is -0.465 e. The van der Waals surface area contributed by atoms with Gasteiger partial charge in [0.05, 0.1) is 12.5 Å². The minimum atomic E-state index is 0.0807. The quantitative estimate of drug-likeness (QED) is 0.0433. The van der Waals surface area contributed by atoms with Crippen LogP contribution in [0.2, 0.25) is 0 Å². The number of carbonyl (C=O) groups excluding carboxylic acids is 1. The maximum Gasteiger partial charge on any atom is 0.308 e. The smallest absolute Gasteiger partial charge is 0.308 e. The van der Waals surface area contributed by atoms with Gasteiger partial charge in [0.2, 0.25) is 0 Å². The number of esters is 1. The standard InChI is InChI=1S/C51H103N3O3S5/c1-44(2)48(60-40-31-52(4)5)29-25-45(3)49(61-41-32-53(6)7)30-28-46-26-27-47(43-50(46)62-42-33-54(8)9)51(55)57-35-20-14-18-24-39-59-37-22-16-12-11-15-21-36-58-38-23-17-13-19-34-56-10/h44-50H,11-43H2,1-10H3. The van der Waals surface area contributed by atoms with Crippen LogP contribution in [0.3, 0.4) is 0 Å². The van der Waals surface area contributed by atoms with Crippen molar-refractivity contribution >= 4 is 64.8 Å². The third-order valence-electron chi connectivity index (χ3n) is 12.6. The van der Waals surface area contributed by atoms with E-state index in [1.807, 2.05) is 0 Å². The van der Waals surface area contributed by atoms with Gasteiger partial charge in [-0.1, -0.05) is 72.1 Å². The van der Waals surface area contributed by atoms with Crippen molar-refractivity contribution in [2.75, 3.05) is 123 Å². The number of hydrogen-bond acceptors (Lipinski definition) is 11. The molecule has 1 aliphatic rings. The van der Waals surface area contributed by atoms with Gasteiger partial charge in [-0.25, -0.2) is 0 Å². The predicted molar refractivity (Wildman–Crippen MR) is 290 cm³/mol. The fourth-order valence-corrected chi connectivity index (χ4v) is 15.0. The molecule has 62 heavy (non-hydrogen) atoms. The number of ether oxygens (including phenoxy) is 2. The molecule has 1 rings (SSSR count). The summed E-state index contributed by atoms with van der Waals surface area (Å²) >= 11 is 10.9. The van der Waals surface area contributed by atoms with Gasteiger partial charge in [-0.2, -0.15) is 58.8 Å². The molecular formula is C51H103N3O3S5. The van der Waals surface area contributed by atoms with E-state index in [0.717, 1.165) is 68.3 Å². The first-order valence-electron chi connectivity index (χ1n) is 25.5. The molecule has 1 fully saturated rings. The van der Waals surface area contributed by atoms with E-state index in [4.69, 9.17) is 9.47 Å². The van der Waals surface area contributed by atoms with E-state index in [1.165, 1.54) is 150 Å². The molecule has 1 saturated carbocycles. The van der Waals surface area contributed by atoms with Crippen LogP contribution in [-0.4, -0.2) is 159 Å². The summed E-state index contributed by atoms with van der Waals surface area (Å²) < 4.78 is 11.1. The molecule has 6 nitrogen and oxygen atoms in total. The number of carbonyl (C=O) groups is 1. The molecule has 1 aliphatic carbocycles. The summed E-state index contributed by atoms with van der Waals surface area (Å²) in [6, 6.07) is 0. The van der Waals surface area contributed by atoms with Crippen molar-refractivity contribution in [3.63, 3.8) is 0 Å². The SMILES string of the molecule is COCCCCCCSCCCCCCCCSCCCCCCOC(=O)C1CCC(CCC(SCCN(C)C)C(C)CCC(SCCN(C)C)C(C)C)C(SCCN(C)C)C1. The van der Waals surface area contributed by atoms with Gasteiger partial charge in [0, 0.05) is 66.4 Å². The average Bonchev–Trinajstić information content (AvgIpc) is 3.23. The molecule has 0 spiro atoms. The zero-order valence-corrected chi connectivity index (χ0v) is 46.6. The van der Waals surface area contributed by atoms with E-state index in [0.29, 0.717) is 23.0 Å². The third-order valence-corrected chi connectivity index (χ3v) is 19.5. The lowest BCUT2D eigenvalue weighted by atomic mass is 9.78. The van der Waals surface area contributed by atoms with Gasteiger partial charge < -0.3 is 24.2 Å². The van der Waals surface area contributed by atoms with Gasteiger partial charge in [-0.3, -0.25) is 4.79 Å². The first-order valence-corrected chi connectivity index (χ1v) is 31.0. The summed E-state index contributed by atoms with van der Waals surface area (Å²) in [4.78, 5) is 20.3. The van der Waals surface area contributed by atoms with Gasteiger partial charge in [0.25, 0.3) is 0 Å². The predicted octanol–water partition coefficient (Wildman–Crippen LogP) is 13.4. The van der Waals surface area contributed by atoms with Crippen LogP contribution < -0.4 is 0 Å². The lowest BCUT2D eigenvalue weighted by Gasteiger charge is -2.36. The van der Waals surface area contributed by atoms with Crippen molar-refractivity contribution < 1.29 is 14.3 Å². The van der Waals surface area contributed by atoms with E-state index in [-0.39, 0.29) is 11.9 Å². The van der Waals surface area contributed by atoms with Crippen LogP contribution in [0.1, 0.15) is 156 Å². The van der Waals surface area contributed by atoms with Crippen molar-refractivity contribution in [1.29, 1.82) is 0 Å². The molecule has 0 aromatic rings. The zero-order chi connectivity index (χ0) is 45.6. The Bertz CT molecular complexity index is 996. The number of unbranched alkanes of at least 4 members (excludes halogenated alkanes) is 11. The lowest BCUT2D eigenvalue weighted by Crippen LogP contribution is -2.34. The Labute approximate surface area is 408 Å². The number of rotatable bonds is 44. The normalized spacial score (nSPS) is 18.6. The second-order valence-corrected chi connectivity index (χ2v) is 26.1. The molecule has 6 atom stereocenters. The van der Waals surface area contributed by atoms with Crippen LogP contribution in [0.4, 0.5) is 0 Å². The second-order valence-electron chi connectivity index (χ2n) is 19.6. The van der Waals surface area contributed by atoms with E-state index in [9.17, 15) is 4.79 Å². The fraction of sp³-hybridized carbons (Fsp3) is 0.980. The molecular weight excluding hydrogens is 863 g/mol. The van der Waals surface area contributed by atoms with Crippen molar-refractivity contribution in [3.8, 4) is 0 Å². The number of methoxy groups -OCH3 is 1. The van der Waals surface area contributed by atoms with Crippen LogP contribution in [0.5, 0.6) is 0 Å². The Balaban J connectivity index is 2.36. The van der Waals surface area contributed by atoms with Gasteiger partial charge in [0.15, 0.2) is 0 Å². The minimum absolute atomic E-state index is 0.0807. The second kappa shape index (κ2) is 42.2. The first kappa shape index (κ1) is 61.1. The van der Waals surface area contributed by atoms with Crippen molar-refractivity contribution in [2.45, 2.75) is 171 Å². The largest absolute Gasteiger partial charge is 0.465 e. The maximum atomic E-state index is 13.4. The van der Waals surface area contributed by atoms with E-state index in [1.54, 1.807) is 7.11 Å². The molecule has 370 valence electrons. The van der Waals surface area contributed by atoms with E-state index < -0.39 is 0 Å². The molecule has 11 heteroatoms. The van der Waals surface area contributed by atoms with Gasteiger partial charge >= 0.3 is 5.97 Å².